The maximum absolute atomic E-state index is 13.9. The Kier molecular flexibility index (Phi) is 5.76. The van der Waals surface area contributed by atoms with Crippen LogP contribution in [0.4, 0.5) is 14.5 Å². The van der Waals surface area contributed by atoms with Gasteiger partial charge in [0.05, 0.1) is 41.8 Å². The predicted octanol–water partition coefficient (Wildman–Crippen LogP) is 6.32. The Morgan fingerprint density at radius 1 is 1.18 bits per heavy atom. The Morgan fingerprint density at radius 2 is 1.94 bits per heavy atom. The second-order valence-corrected chi connectivity index (χ2v) is 8.78. The molecule has 2 aromatic heterocycles. The molecule has 0 spiro atoms. The van der Waals surface area contributed by atoms with Gasteiger partial charge in [-0.25, -0.2) is 8.78 Å². The Balaban J connectivity index is 1.50. The fourth-order valence-electron chi connectivity index (χ4n) is 4.67. The predicted molar refractivity (Wildman–Crippen MR) is 127 cm³/mol. The number of nitrogens with zero attached hydrogens (tertiary/aromatic N) is 3. The molecule has 0 unspecified atom stereocenters. The van der Waals surface area contributed by atoms with Crippen molar-refractivity contribution < 1.29 is 13.5 Å². The van der Waals surface area contributed by atoms with Crippen molar-refractivity contribution in [1.82, 2.24) is 9.55 Å². The molecule has 1 aliphatic rings. The number of alkyl halides is 2. The van der Waals surface area contributed by atoms with Crippen LogP contribution in [0.2, 0.25) is 0 Å². The van der Waals surface area contributed by atoms with E-state index >= 15 is 0 Å². The first-order valence-corrected chi connectivity index (χ1v) is 11.2. The standard InChI is InChI=1S/C27H24F2N4O/c1-16-7-25-21(8-18(16)11-30)23(22-12-32-13-24(31)26(22)27(28)29)14-33(25)19-9-20(10-19)34-15-17-5-3-2-4-6-17/h2-8,12-14,19-20,27H,9-10,15,31H2,1H3. The summed E-state index contributed by atoms with van der Waals surface area (Å²) in [4.78, 5) is 4.07. The Bertz CT molecular complexity index is 1390. The van der Waals surface area contributed by atoms with Crippen molar-refractivity contribution in [3.05, 3.63) is 83.3 Å². The van der Waals surface area contributed by atoms with E-state index in [9.17, 15) is 14.0 Å². The number of halogens is 2. The maximum atomic E-state index is 13.9. The van der Waals surface area contributed by atoms with E-state index < -0.39 is 6.43 Å². The Morgan fingerprint density at radius 3 is 2.65 bits per heavy atom. The molecule has 0 atom stereocenters. The van der Waals surface area contributed by atoms with E-state index in [0.29, 0.717) is 23.3 Å². The number of benzene rings is 2. The lowest BCUT2D eigenvalue weighted by Gasteiger charge is -2.36. The summed E-state index contributed by atoms with van der Waals surface area (Å²) in [6.45, 7) is 2.45. The third-order valence-electron chi connectivity index (χ3n) is 6.62. The largest absolute Gasteiger partial charge is 0.397 e. The minimum atomic E-state index is -2.74. The fraction of sp³-hybridized carbons (Fsp3) is 0.259. The first-order valence-electron chi connectivity index (χ1n) is 11.2. The highest BCUT2D eigenvalue weighted by molar-refractivity contribution is 5.98. The van der Waals surface area contributed by atoms with Crippen LogP contribution < -0.4 is 5.73 Å². The number of fused-ring (bicyclic) bond motifs is 1. The average Bonchev–Trinajstić information content (AvgIpc) is 3.15. The number of nitriles is 1. The zero-order valence-electron chi connectivity index (χ0n) is 18.7. The monoisotopic (exact) mass is 458 g/mol. The number of pyridine rings is 1. The quantitative estimate of drug-likeness (QED) is 0.367. The van der Waals surface area contributed by atoms with Crippen molar-refractivity contribution in [2.75, 3.05) is 5.73 Å². The SMILES string of the molecule is Cc1cc2c(cc1C#N)c(-c1cncc(N)c1C(F)F)cn2C1CC(OCc2ccccc2)C1. The van der Waals surface area contributed by atoms with E-state index in [4.69, 9.17) is 10.5 Å². The number of aryl methyl sites for hydroxylation is 1. The molecular weight excluding hydrogens is 434 g/mol. The van der Waals surface area contributed by atoms with Gasteiger partial charge in [0.2, 0.25) is 0 Å². The van der Waals surface area contributed by atoms with E-state index in [1.807, 2.05) is 49.5 Å². The number of aromatic nitrogens is 2. The van der Waals surface area contributed by atoms with E-state index in [1.165, 1.54) is 12.4 Å². The number of hydrogen-bond acceptors (Lipinski definition) is 4. The molecule has 34 heavy (non-hydrogen) atoms. The molecule has 4 aromatic rings. The van der Waals surface area contributed by atoms with Gasteiger partial charge in [-0.2, -0.15) is 5.26 Å². The summed E-state index contributed by atoms with van der Waals surface area (Å²) in [6, 6.07) is 16.2. The molecule has 0 saturated heterocycles. The summed E-state index contributed by atoms with van der Waals surface area (Å²) in [6.07, 6.45) is 3.61. The van der Waals surface area contributed by atoms with Crippen molar-refractivity contribution in [3.8, 4) is 17.2 Å². The van der Waals surface area contributed by atoms with Crippen LogP contribution in [-0.2, 0) is 11.3 Å². The summed E-state index contributed by atoms with van der Waals surface area (Å²) < 4.78 is 36.0. The van der Waals surface area contributed by atoms with Gasteiger partial charge >= 0.3 is 0 Å². The second-order valence-electron chi connectivity index (χ2n) is 8.78. The number of anilines is 1. The number of ether oxygens (including phenoxy) is 1. The Hall–Kier alpha value is -3.76. The Labute approximate surface area is 196 Å². The fourth-order valence-corrected chi connectivity index (χ4v) is 4.67. The van der Waals surface area contributed by atoms with Crippen LogP contribution in [0.1, 0.15) is 47.6 Å². The highest BCUT2D eigenvalue weighted by Gasteiger charge is 2.33. The normalized spacial score (nSPS) is 17.6. The van der Waals surface area contributed by atoms with Gasteiger partial charge in [-0.1, -0.05) is 30.3 Å². The van der Waals surface area contributed by atoms with Gasteiger partial charge in [0.25, 0.3) is 6.43 Å². The zero-order chi connectivity index (χ0) is 23.8. The summed E-state index contributed by atoms with van der Waals surface area (Å²) in [7, 11) is 0. The maximum Gasteiger partial charge on any atom is 0.266 e. The molecule has 7 heteroatoms. The third-order valence-corrected chi connectivity index (χ3v) is 6.62. The van der Waals surface area contributed by atoms with E-state index in [1.54, 1.807) is 6.07 Å². The van der Waals surface area contributed by atoms with Gasteiger partial charge in [0, 0.05) is 40.5 Å². The van der Waals surface area contributed by atoms with Gasteiger partial charge in [-0.15, -0.1) is 0 Å². The summed E-state index contributed by atoms with van der Waals surface area (Å²) in [5, 5.41) is 10.3. The van der Waals surface area contributed by atoms with Crippen LogP contribution in [0.15, 0.2) is 61.1 Å². The van der Waals surface area contributed by atoms with E-state index in [2.05, 4.69) is 15.6 Å². The number of nitrogen functional groups attached to an aromatic ring is 1. The molecule has 0 amide bonds. The first kappa shape index (κ1) is 22.1. The average molecular weight is 459 g/mol. The molecule has 0 radical (unpaired) electrons. The topological polar surface area (TPSA) is 76.9 Å². The second kappa shape index (κ2) is 8.88. The smallest absolute Gasteiger partial charge is 0.266 e. The molecule has 5 nitrogen and oxygen atoms in total. The molecule has 0 aliphatic heterocycles. The molecule has 1 aliphatic carbocycles. The summed E-state index contributed by atoms with van der Waals surface area (Å²) in [5.41, 5.74) is 9.89. The van der Waals surface area contributed by atoms with E-state index in [0.717, 1.165) is 34.9 Å². The van der Waals surface area contributed by atoms with Gasteiger partial charge in [-0.05, 0) is 43.0 Å². The third kappa shape index (κ3) is 3.91. The van der Waals surface area contributed by atoms with Crippen LogP contribution in [0, 0.1) is 18.3 Å². The number of nitrogens with two attached hydrogens (primary N) is 1. The highest BCUT2D eigenvalue weighted by Crippen LogP contribution is 2.43. The zero-order valence-corrected chi connectivity index (χ0v) is 18.7. The molecule has 2 heterocycles. The summed E-state index contributed by atoms with van der Waals surface area (Å²) >= 11 is 0. The van der Waals surface area contributed by atoms with Crippen LogP contribution in [0.25, 0.3) is 22.0 Å². The molecule has 172 valence electrons. The van der Waals surface area contributed by atoms with Gasteiger partial charge in [0.1, 0.15) is 0 Å². The number of rotatable bonds is 6. The van der Waals surface area contributed by atoms with Crippen molar-refractivity contribution in [1.29, 1.82) is 5.26 Å². The molecule has 1 fully saturated rings. The molecule has 2 N–H and O–H groups in total. The lowest BCUT2D eigenvalue weighted by Crippen LogP contribution is -2.33. The molecular formula is C27H24F2N4O. The van der Waals surface area contributed by atoms with Crippen molar-refractivity contribution in [2.45, 2.75) is 44.9 Å². The minimum Gasteiger partial charge on any atom is -0.397 e. The highest BCUT2D eigenvalue weighted by atomic mass is 19.3. The molecule has 0 bridgehead atoms. The molecule has 1 saturated carbocycles. The first-order chi connectivity index (χ1) is 16.5. The van der Waals surface area contributed by atoms with Crippen LogP contribution in [0.5, 0.6) is 0 Å². The molecule has 5 rings (SSSR count). The lowest BCUT2D eigenvalue weighted by atomic mass is 9.88. The van der Waals surface area contributed by atoms with Crippen molar-refractivity contribution in [3.63, 3.8) is 0 Å². The number of hydrogen-bond donors (Lipinski definition) is 1. The van der Waals surface area contributed by atoms with Crippen LogP contribution >= 0.6 is 0 Å². The summed E-state index contributed by atoms with van der Waals surface area (Å²) in [5.74, 6) is 0. The van der Waals surface area contributed by atoms with Gasteiger partial charge < -0.3 is 15.0 Å². The van der Waals surface area contributed by atoms with Crippen molar-refractivity contribution >= 4 is 16.6 Å². The minimum absolute atomic E-state index is 0.0426. The van der Waals surface area contributed by atoms with Crippen LogP contribution in [-0.4, -0.2) is 15.7 Å². The van der Waals surface area contributed by atoms with Crippen molar-refractivity contribution in [2.24, 2.45) is 0 Å². The van der Waals surface area contributed by atoms with Crippen LogP contribution in [0.3, 0.4) is 0 Å². The van der Waals surface area contributed by atoms with Gasteiger partial charge in [0.15, 0.2) is 0 Å². The van der Waals surface area contributed by atoms with E-state index in [-0.39, 0.29) is 23.4 Å². The lowest BCUT2D eigenvalue weighted by molar-refractivity contribution is -0.0346. The van der Waals surface area contributed by atoms with Gasteiger partial charge in [-0.3, -0.25) is 4.98 Å². The molecule has 2 aromatic carbocycles.